The van der Waals surface area contributed by atoms with Crippen LogP contribution >= 0.6 is 0 Å². The van der Waals surface area contributed by atoms with E-state index in [2.05, 4.69) is 5.32 Å². The standard InChI is InChI=1S/C23H30N2O5/c1-5-21(23(27)24-6-2)25(15-17-7-9-18(28-3)10-8-17)22(26)16-30-20-13-11-19(29-4)12-14-20/h7-14,21H,5-6,15-16H2,1-4H3,(H,24,27)/t21-/m1/s1. The SMILES string of the molecule is CCNC(=O)[C@@H](CC)N(Cc1ccc(OC)cc1)C(=O)COc1ccc(OC)cc1. The number of rotatable bonds is 11. The van der Waals surface area contributed by atoms with Gasteiger partial charge in [-0.1, -0.05) is 19.1 Å². The fraction of sp³-hybridized carbons (Fsp3) is 0.391. The molecule has 0 fully saturated rings. The van der Waals surface area contributed by atoms with Crippen molar-refractivity contribution in [3.8, 4) is 17.2 Å². The first kappa shape index (κ1) is 23.1. The summed E-state index contributed by atoms with van der Waals surface area (Å²) in [6.45, 7) is 4.37. The number of ether oxygens (including phenoxy) is 3. The van der Waals surface area contributed by atoms with Crippen molar-refractivity contribution in [2.45, 2.75) is 32.9 Å². The Morgan fingerprint density at radius 3 is 1.93 bits per heavy atom. The van der Waals surface area contributed by atoms with Crippen molar-refractivity contribution in [3.63, 3.8) is 0 Å². The topological polar surface area (TPSA) is 77.1 Å². The van der Waals surface area contributed by atoms with Crippen LogP contribution < -0.4 is 19.5 Å². The third-order valence-electron chi connectivity index (χ3n) is 4.67. The second kappa shape index (κ2) is 11.7. The Balaban J connectivity index is 2.16. The maximum Gasteiger partial charge on any atom is 0.261 e. The third-order valence-corrected chi connectivity index (χ3v) is 4.67. The normalized spacial score (nSPS) is 11.3. The molecule has 0 heterocycles. The van der Waals surface area contributed by atoms with Gasteiger partial charge in [-0.05, 0) is 55.3 Å². The molecule has 2 aromatic carbocycles. The quantitative estimate of drug-likeness (QED) is 0.612. The van der Waals surface area contributed by atoms with Crippen molar-refractivity contribution in [3.05, 3.63) is 54.1 Å². The number of nitrogens with zero attached hydrogens (tertiary/aromatic N) is 1. The van der Waals surface area contributed by atoms with Gasteiger partial charge in [0.2, 0.25) is 5.91 Å². The fourth-order valence-electron chi connectivity index (χ4n) is 3.04. The van der Waals surface area contributed by atoms with E-state index in [1.54, 1.807) is 43.4 Å². The zero-order valence-electron chi connectivity index (χ0n) is 18.0. The molecule has 0 unspecified atom stereocenters. The summed E-state index contributed by atoms with van der Waals surface area (Å²) in [5.41, 5.74) is 0.899. The first-order valence-electron chi connectivity index (χ1n) is 9.99. The minimum atomic E-state index is -0.584. The number of hydrogen-bond acceptors (Lipinski definition) is 5. The summed E-state index contributed by atoms with van der Waals surface area (Å²) < 4.78 is 16.0. The highest BCUT2D eigenvalue weighted by Gasteiger charge is 2.28. The van der Waals surface area contributed by atoms with Crippen molar-refractivity contribution in [1.82, 2.24) is 10.2 Å². The van der Waals surface area contributed by atoms with E-state index in [0.29, 0.717) is 31.0 Å². The molecule has 7 heteroatoms. The van der Waals surface area contributed by atoms with Gasteiger partial charge in [0.25, 0.3) is 5.91 Å². The molecular formula is C23H30N2O5. The number of nitrogens with one attached hydrogen (secondary N) is 1. The third kappa shape index (κ3) is 6.40. The summed E-state index contributed by atoms with van der Waals surface area (Å²) in [5.74, 6) is 1.55. The van der Waals surface area contributed by atoms with Gasteiger partial charge in [-0.3, -0.25) is 9.59 Å². The Labute approximate surface area is 177 Å². The van der Waals surface area contributed by atoms with Gasteiger partial charge >= 0.3 is 0 Å². The predicted octanol–water partition coefficient (Wildman–Crippen LogP) is 3.03. The molecule has 0 spiro atoms. The minimum Gasteiger partial charge on any atom is -0.497 e. The zero-order chi connectivity index (χ0) is 21.9. The molecule has 0 aliphatic heterocycles. The van der Waals surface area contributed by atoms with Crippen LogP contribution in [0.25, 0.3) is 0 Å². The van der Waals surface area contributed by atoms with Crippen LogP contribution in [-0.4, -0.2) is 50.1 Å². The lowest BCUT2D eigenvalue weighted by Gasteiger charge is -2.30. The highest BCUT2D eigenvalue weighted by Crippen LogP contribution is 2.19. The summed E-state index contributed by atoms with van der Waals surface area (Å²) in [5, 5.41) is 2.81. The van der Waals surface area contributed by atoms with E-state index in [4.69, 9.17) is 14.2 Å². The molecule has 2 amide bonds. The number of amides is 2. The van der Waals surface area contributed by atoms with Gasteiger partial charge in [0.15, 0.2) is 6.61 Å². The molecule has 0 aliphatic carbocycles. The van der Waals surface area contributed by atoms with Crippen LogP contribution in [0, 0.1) is 0 Å². The number of methoxy groups -OCH3 is 2. The summed E-state index contributed by atoms with van der Waals surface area (Å²) >= 11 is 0. The van der Waals surface area contributed by atoms with Crippen molar-refractivity contribution in [1.29, 1.82) is 0 Å². The number of benzene rings is 2. The van der Waals surface area contributed by atoms with Crippen LogP contribution in [0.3, 0.4) is 0 Å². The van der Waals surface area contributed by atoms with Gasteiger partial charge in [0.05, 0.1) is 14.2 Å². The lowest BCUT2D eigenvalue weighted by atomic mass is 10.1. The molecule has 2 rings (SSSR count). The average molecular weight is 415 g/mol. The van der Waals surface area contributed by atoms with Gasteiger partial charge < -0.3 is 24.4 Å². The molecule has 0 aromatic heterocycles. The zero-order valence-corrected chi connectivity index (χ0v) is 18.0. The molecule has 162 valence electrons. The van der Waals surface area contributed by atoms with Crippen LogP contribution in [-0.2, 0) is 16.1 Å². The monoisotopic (exact) mass is 414 g/mol. The number of hydrogen-bond donors (Lipinski definition) is 1. The average Bonchev–Trinajstić information content (AvgIpc) is 2.78. The highest BCUT2D eigenvalue weighted by molar-refractivity contribution is 5.88. The van der Waals surface area contributed by atoms with Crippen LogP contribution in [0.2, 0.25) is 0 Å². The molecule has 2 aromatic rings. The lowest BCUT2D eigenvalue weighted by Crippen LogP contribution is -2.50. The molecule has 30 heavy (non-hydrogen) atoms. The van der Waals surface area contributed by atoms with Crippen molar-refractivity contribution in [2.24, 2.45) is 0 Å². The Morgan fingerprint density at radius 2 is 1.43 bits per heavy atom. The molecule has 0 saturated carbocycles. The largest absolute Gasteiger partial charge is 0.497 e. The summed E-state index contributed by atoms with van der Waals surface area (Å²) in [4.78, 5) is 27.2. The first-order chi connectivity index (χ1) is 14.5. The second-order valence-electron chi connectivity index (χ2n) is 6.65. The van der Waals surface area contributed by atoms with E-state index in [1.807, 2.05) is 38.1 Å². The van der Waals surface area contributed by atoms with Gasteiger partial charge in [-0.15, -0.1) is 0 Å². The highest BCUT2D eigenvalue weighted by atomic mass is 16.5. The maximum atomic E-state index is 13.0. The number of carbonyl (C=O) groups excluding carboxylic acids is 2. The molecule has 1 atom stereocenters. The number of carbonyl (C=O) groups is 2. The molecule has 1 N–H and O–H groups in total. The molecule has 0 aliphatic rings. The van der Waals surface area contributed by atoms with E-state index in [0.717, 1.165) is 11.3 Å². The van der Waals surface area contributed by atoms with E-state index in [-0.39, 0.29) is 18.4 Å². The Kier molecular flexibility index (Phi) is 9.00. The van der Waals surface area contributed by atoms with Crippen LogP contribution in [0.1, 0.15) is 25.8 Å². The predicted molar refractivity (Wildman–Crippen MR) is 115 cm³/mol. The Morgan fingerprint density at radius 1 is 0.900 bits per heavy atom. The summed E-state index contributed by atoms with van der Waals surface area (Å²) in [6, 6.07) is 13.8. The van der Waals surface area contributed by atoms with Crippen molar-refractivity contribution >= 4 is 11.8 Å². The van der Waals surface area contributed by atoms with Gasteiger partial charge in [-0.25, -0.2) is 0 Å². The molecule has 0 radical (unpaired) electrons. The van der Waals surface area contributed by atoms with E-state index < -0.39 is 6.04 Å². The maximum absolute atomic E-state index is 13.0. The Hall–Kier alpha value is -3.22. The summed E-state index contributed by atoms with van der Waals surface area (Å²) in [7, 11) is 3.19. The minimum absolute atomic E-state index is 0.168. The first-order valence-corrected chi connectivity index (χ1v) is 9.99. The summed E-state index contributed by atoms with van der Waals surface area (Å²) in [6.07, 6.45) is 0.496. The number of likely N-dealkylation sites (N-methyl/N-ethyl adjacent to an activating group) is 1. The molecule has 0 saturated heterocycles. The molecule has 0 bridgehead atoms. The van der Waals surface area contributed by atoms with Crippen molar-refractivity contribution < 1.29 is 23.8 Å². The van der Waals surface area contributed by atoms with Gasteiger partial charge in [0.1, 0.15) is 23.3 Å². The molecule has 7 nitrogen and oxygen atoms in total. The fourth-order valence-corrected chi connectivity index (χ4v) is 3.04. The van der Waals surface area contributed by atoms with E-state index in [1.165, 1.54) is 0 Å². The Bertz CT molecular complexity index is 805. The van der Waals surface area contributed by atoms with Crippen LogP contribution in [0.15, 0.2) is 48.5 Å². The van der Waals surface area contributed by atoms with E-state index >= 15 is 0 Å². The lowest BCUT2D eigenvalue weighted by molar-refractivity contribution is -0.142. The second-order valence-corrected chi connectivity index (χ2v) is 6.65. The van der Waals surface area contributed by atoms with Crippen molar-refractivity contribution in [2.75, 3.05) is 27.4 Å². The van der Waals surface area contributed by atoms with E-state index in [9.17, 15) is 9.59 Å². The van der Waals surface area contributed by atoms with Crippen LogP contribution in [0.4, 0.5) is 0 Å². The van der Waals surface area contributed by atoms with Gasteiger partial charge in [0, 0.05) is 13.1 Å². The van der Waals surface area contributed by atoms with Crippen LogP contribution in [0.5, 0.6) is 17.2 Å². The molecular weight excluding hydrogens is 384 g/mol. The smallest absolute Gasteiger partial charge is 0.261 e. The van der Waals surface area contributed by atoms with Gasteiger partial charge in [-0.2, -0.15) is 0 Å².